The van der Waals surface area contributed by atoms with Gasteiger partial charge in [-0.1, -0.05) is 38.5 Å². The minimum absolute atomic E-state index is 0.603. The van der Waals surface area contributed by atoms with Crippen LogP contribution in [0.5, 0.6) is 0 Å². The van der Waals surface area contributed by atoms with E-state index in [1.54, 1.807) is 11.8 Å². The summed E-state index contributed by atoms with van der Waals surface area (Å²) >= 11 is 1.72. The van der Waals surface area contributed by atoms with Crippen LogP contribution in [0.15, 0.2) is 10.1 Å². The molecule has 0 radical (unpaired) electrons. The van der Waals surface area contributed by atoms with Crippen molar-refractivity contribution in [1.29, 1.82) is 0 Å². The summed E-state index contributed by atoms with van der Waals surface area (Å²) in [6.45, 7) is 10.9. The van der Waals surface area contributed by atoms with Crippen molar-refractivity contribution in [1.82, 2.24) is 25.0 Å². The van der Waals surface area contributed by atoms with Crippen LogP contribution in [0.4, 0.5) is 0 Å². The predicted molar refractivity (Wildman–Crippen MR) is 123 cm³/mol. The van der Waals surface area contributed by atoms with E-state index in [4.69, 9.17) is 4.99 Å². The van der Waals surface area contributed by atoms with Crippen LogP contribution in [0.3, 0.4) is 0 Å². The largest absolute Gasteiger partial charge is 0.357 e. The SMILES string of the molecule is CCNC(=NCCCc1nnc(SC)n1C1CCCC1)N1CCC(CC(C)C)C1. The molecule has 1 N–H and O–H groups in total. The Morgan fingerprint density at radius 1 is 1.24 bits per heavy atom. The molecule has 0 aromatic carbocycles. The van der Waals surface area contributed by atoms with Crippen molar-refractivity contribution in [2.24, 2.45) is 16.8 Å². The van der Waals surface area contributed by atoms with Crippen molar-refractivity contribution in [3.8, 4) is 0 Å². The molecule has 2 aliphatic rings. The van der Waals surface area contributed by atoms with Crippen molar-refractivity contribution >= 4 is 17.7 Å². The van der Waals surface area contributed by atoms with Gasteiger partial charge in [-0.15, -0.1) is 10.2 Å². The Labute approximate surface area is 181 Å². The fourth-order valence-corrected chi connectivity index (χ4v) is 5.45. The second kappa shape index (κ2) is 11.2. The Balaban J connectivity index is 1.55. The molecule has 1 saturated carbocycles. The molecule has 0 bridgehead atoms. The van der Waals surface area contributed by atoms with Crippen LogP contribution in [0.2, 0.25) is 0 Å². The summed E-state index contributed by atoms with van der Waals surface area (Å²) in [6, 6.07) is 0.603. The first-order valence-electron chi connectivity index (χ1n) is 11.6. The second-order valence-corrected chi connectivity index (χ2v) is 9.75. The highest BCUT2D eigenvalue weighted by Crippen LogP contribution is 2.33. The van der Waals surface area contributed by atoms with E-state index in [-0.39, 0.29) is 0 Å². The van der Waals surface area contributed by atoms with Gasteiger partial charge in [0.25, 0.3) is 0 Å². The lowest BCUT2D eigenvalue weighted by Gasteiger charge is -2.22. The molecule has 164 valence electrons. The average Bonchev–Trinajstić information content (AvgIpc) is 3.43. The number of hydrogen-bond donors (Lipinski definition) is 1. The topological polar surface area (TPSA) is 58.3 Å². The average molecular weight is 421 g/mol. The summed E-state index contributed by atoms with van der Waals surface area (Å²) < 4.78 is 2.42. The molecular formula is C22H40N6S. The molecule has 0 spiro atoms. The van der Waals surface area contributed by atoms with Crippen LogP contribution in [-0.4, -0.2) is 58.1 Å². The minimum atomic E-state index is 0.603. The second-order valence-electron chi connectivity index (χ2n) is 8.98. The molecule has 1 aromatic rings. The monoisotopic (exact) mass is 420 g/mol. The lowest BCUT2D eigenvalue weighted by molar-refractivity contribution is 0.403. The molecule has 29 heavy (non-hydrogen) atoms. The maximum absolute atomic E-state index is 4.95. The molecule has 2 fully saturated rings. The zero-order valence-corrected chi connectivity index (χ0v) is 19.7. The van der Waals surface area contributed by atoms with Crippen LogP contribution in [-0.2, 0) is 6.42 Å². The summed E-state index contributed by atoms with van der Waals surface area (Å²) in [4.78, 5) is 7.41. The van der Waals surface area contributed by atoms with E-state index in [0.717, 1.165) is 67.8 Å². The number of aryl methyl sites for hydroxylation is 1. The van der Waals surface area contributed by atoms with Gasteiger partial charge >= 0.3 is 0 Å². The number of nitrogens with one attached hydrogen (secondary N) is 1. The number of guanidine groups is 1. The third-order valence-electron chi connectivity index (χ3n) is 6.15. The Kier molecular flexibility index (Phi) is 8.69. The summed E-state index contributed by atoms with van der Waals surface area (Å²) in [7, 11) is 0. The first-order chi connectivity index (χ1) is 14.1. The van der Waals surface area contributed by atoms with Crippen molar-refractivity contribution in [3.05, 3.63) is 5.82 Å². The van der Waals surface area contributed by atoms with Gasteiger partial charge in [0.15, 0.2) is 11.1 Å². The molecular weight excluding hydrogens is 380 g/mol. The van der Waals surface area contributed by atoms with Crippen LogP contribution >= 0.6 is 11.8 Å². The van der Waals surface area contributed by atoms with Gasteiger partial charge in [-0.25, -0.2) is 0 Å². The Morgan fingerprint density at radius 2 is 2.03 bits per heavy atom. The quantitative estimate of drug-likeness (QED) is 0.278. The number of aromatic nitrogens is 3. The number of nitrogens with zero attached hydrogens (tertiary/aromatic N) is 5. The molecule has 1 atom stereocenters. The van der Waals surface area contributed by atoms with E-state index in [9.17, 15) is 0 Å². The lowest BCUT2D eigenvalue weighted by atomic mass is 9.97. The molecule has 2 heterocycles. The third-order valence-corrected chi connectivity index (χ3v) is 6.80. The van der Waals surface area contributed by atoms with Gasteiger partial charge < -0.3 is 14.8 Å². The molecule has 3 rings (SSSR count). The van der Waals surface area contributed by atoms with E-state index in [0.29, 0.717) is 6.04 Å². The zero-order chi connectivity index (χ0) is 20.6. The Hall–Kier alpha value is -1.24. The summed E-state index contributed by atoms with van der Waals surface area (Å²) in [5, 5.41) is 13.5. The van der Waals surface area contributed by atoms with Crippen molar-refractivity contribution in [3.63, 3.8) is 0 Å². The maximum atomic E-state index is 4.95. The first kappa shape index (κ1) is 22.4. The van der Waals surface area contributed by atoms with Gasteiger partial charge in [0.05, 0.1) is 0 Å². The van der Waals surface area contributed by atoms with Crippen molar-refractivity contribution in [2.75, 3.05) is 32.4 Å². The molecule has 1 aliphatic carbocycles. The minimum Gasteiger partial charge on any atom is -0.357 e. The fourth-order valence-electron chi connectivity index (χ4n) is 4.88. The number of hydrogen-bond acceptors (Lipinski definition) is 4. The van der Waals surface area contributed by atoms with Crippen molar-refractivity contribution < 1.29 is 0 Å². The summed E-state index contributed by atoms with van der Waals surface area (Å²) in [5.41, 5.74) is 0. The van der Waals surface area contributed by atoms with E-state index < -0.39 is 0 Å². The van der Waals surface area contributed by atoms with Crippen LogP contribution < -0.4 is 5.32 Å². The number of rotatable bonds is 9. The zero-order valence-electron chi connectivity index (χ0n) is 18.9. The Bertz CT molecular complexity index is 650. The highest BCUT2D eigenvalue weighted by molar-refractivity contribution is 7.98. The van der Waals surface area contributed by atoms with E-state index in [1.807, 2.05) is 0 Å². The number of thioether (sulfide) groups is 1. The van der Waals surface area contributed by atoms with Gasteiger partial charge in [-0.2, -0.15) is 0 Å². The van der Waals surface area contributed by atoms with Gasteiger partial charge in [0.1, 0.15) is 5.82 Å². The number of aliphatic imine (C=N–C) groups is 1. The standard InChI is InChI=1S/C22H40N6S/c1-5-23-21(27-14-12-18(16-27)15-17(2)3)24-13-8-11-20-25-26-22(29-4)28(20)19-9-6-7-10-19/h17-19H,5-16H2,1-4H3,(H,23,24). The molecule has 1 unspecified atom stereocenters. The lowest BCUT2D eigenvalue weighted by Crippen LogP contribution is -2.40. The summed E-state index contributed by atoms with van der Waals surface area (Å²) in [6.07, 6.45) is 11.9. The summed E-state index contributed by atoms with van der Waals surface area (Å²) in [5.74, 6) is 3.84. The number of likely N-dealkylation sites (tertiary alicyclic amines) is 1. The van der Waals surface area contributed by atoms with Gasteiger partial charge in [0.2, 0.25) is 0 Å². The van der Waals surface area contributed by atoms with Gasteiger partial charge in [0, 0.05) is 38.6 Å². The van der Waals surface area contributed by atoms with Crippen LogP contribution in [0, 0.1) is 11.8 Å². The molecule has 1 aromatic heterocycles. The smallest absolute Gasteiger partial charge is 0.193 e. The van der Waals surface area contributed by atoms with Gasteiger partial charge in [-0.3, -0.25) is 4.99 Å². The Morgan fingerprint density at radius 3 is 2.72 bits per heavy atom. The van der Waals surface area contributed by atoms with E-state index in [1.165, 1.54) is 38.5 Å². The highest BCUT2D eigenvalue weighted by atomic mass is 32.2. The predicted octanol–water partition coefficient (Wildman–Crippen LogP) is 4.38. The van der Waals surface area contributed by atoms with E-state index >= 15 is 0 Å². The van der Waals surface area contributed by atoms with Crippen LogP contribution in [0.1, 0.15) is 77.6 Å². The van der Waals surface area contributed by atoms with E-state index in [2.05, 4.69) is 52.0 Å². The third kappa shape index (κ3) is 6.12. The normalized spacial score (nSPS) is 20.9. The molecule has 1 aliphatic heterocycles. The van der Waals surface area contributed by atoms with Crippen LogP contribution in [0.25, 0.3) is 0 Å². The molecule has 7 heteroatoms. The molecule has 0 amide bonds. The van der Waals surface area contributed by atoms with Crippen molar-refractivity contribution in [2.45, 2.75) is 83.3 Å². The molecule has 1 saturated heterocycles. The van der Waals surface area contributed by atoms with Gasteiger partial charge in [-0.05, 0) is 57.1 Å². The first-order valence-corrected chi connectivity index (χ1v) is 12.9. The maximum Gasteiger partial charge on any atom is 0.193 e. The fraction of sp³-hybridized carbons (Fsp3) is 0.864. The highest BCUT2D eigenvalue weighted by Gasteiger charge is 2.26. The molecule has 6 nitrogen and oxygen atoms in total.